The van der Waals surface area contributed by atoms with Crippen LogP contribution >= 0.6 is 27.5 Å². The number of pyridine rings is 1. The summed E-state index contributed by atoms with van der Waals surface area (Å²) in [6.45, 7) is 0.692. The Morgan fingerprint density at radius 2 is 2.17 bits per heavy atom. The van der Waals surface area contributed by atoms with E-state index < -0.39 is 0 Å². The molecule has 0 saturated carbocycles. The number of anilines is 1. The molecule has 0 bridgehead atoms. The molecule has 0 atom stereocenters. The number of nitrogens with zero attached hydrogens (tertiary/aromatic N) is 1. The molecule has 0 unspecified atom stereocenters. The molecule has 0 fully saturated rings. The first kappa shape index (κ1) is 13.2. The Balaban J connectivity index is 2.02. The van der Waals surface area contributed by atoms with Gasteiger partial charge in [0.25, 0.3) is 0 Å². The van der Waals surface area contributed by atoms with Gasteiger partial charge in [-0.15, -0.1) is 0 Å². The van der Waals surface area contributed by atoms with Crippen LogP contribution in [0.15, 0.2) is 41.0 Å². The molecule has 0 saturated heterocycles. The lowest BCUT2D eigenvalue weighted by Crippen LogP contribution is -2.00. The van der Waals surface area contributed by atoms with Crippen LogP contribution in [-0.4, -0.2) is 12.1 Å². The standard InChI is InChI=1S/C13H12BrClN2O/c1-18-13-5-2-9(8-17-13)7-16-12-4-3-10(15)6-11(12)14/h2-6,8,16H,7H2,1H3. The van der Waals surface area contributed by atoms with E-state index >= 15 is 0 Å². The molecule has 0 spiro atoms. The number of ether oxygens (including phenoxy) is 1. The number of hydrogen-bond donors (Lipinski definition) is 1. The lowest BCUT2D eigenvalue weighted by Gasteiger charge is -2.09. The Hall–Kier alpha value is -1.26. The highest BCUT2D eigenvalue weighted by molar-refractivity contribution is 9.10. The summed E-state index contributed by atoms with van der Waals surface area (Å²) in [4.78, 5) is 4.15. The molecule has 1 heterocycles. The molecule has 0 aliphatic heterocycles. The molecule has 1 N–H and O–H groups in total. The second kappa shape index (κ2) is 6.07. The number of benzene rings is 1. The topological polar surface area (TPSA) is 34.1 Å². The van der Waals surface area contributed by atoms with Gasteiger partial charge in [0.05, 0.1) is 7.11 Å². The Bertz CT molecular complexity index is 531. The SMILES string of the molecule is COc1ccc(CNc2ccc(Cl)cc2Br)cn1. The second-order valence-corrected chi connectivity index (χ2v) is 4.98. The molecule has 0 aliphatic carbocycles. The summed E-state index contributed by atoms with van der Waals surface area (Å²) in [5, 5.41) is 4.01. The molecule has 94 valence electrons. The minimum absolute atomic E-state index is 0.617. The van der Waals surface area contributed by atoms with E-state index in [1.807, 2.05) is 30.3 Å². The third-order valence-corrected chi connectivity index (χ3v) is 3.31. The first-order chi connectivity index (χ1) is 8.69. The number of aromatic nitrogens is 1. The first-order valence-electron chi connectivity index (χ1n) is 5.37. The molecule has 1 aromatic carbocycles. The van der Waals surface area contributed by atoms with Crippen LogP contribution in [0, 0.1) is 0 Å². The van der Waals surface area contributed by atoms with Crippen LogP contribution in [0.4, 0.5) is 5.69 Å². The van der Waals surface area contributed by atoms with E-state index in [2.05, 4.69) is 26.2 Å². The summed E-state index contributed by atoms with van der Waals surface area (Å²) in [5.74, 6) is 0.617. The molecular formula is C13H12BrClN2O. The minimum Gasteiger partial charge on any atom is -0.481 e. The van der Waals surface area contributed by atoms with Crippen molar-refractivity contribution in [1.29, 1.82) is 0 Å². The predicted molar refractivity (Wildman–Crippen MR) is 77.3 cm³/mol. The summed E-state index contributed by atoms with van der Waals surface area (Å²) < 4.78 is 5.95. The van der Waals surface area contributed by atoms with Crippen LogP contribution < -0.4 is 10.1 Å². The van der Waals surface area contributed by atoms with Gasteiger partial charge in [-0.05, 0) is 39.7 Å². The van der Waals surface area contributed by atoms with Crippen LogP contribution in [0.2, 0.25) is 5.02 Å². The van der Waals surface area contributed by atoms with Crippen LogP contribution in [0.25, 0.3) is 0 Å². The van der Waals surface area contributed by atoms with Crippen molar-refractivity contribution in [3.63, 3.8) is 0 Å². The van der Waals surface area contributed by atoms with E-state index in [0.717, 1.165) is 15.7 Å². The molecule has 5 heteroatoms. The Kier molecular flexibility index (Phi) is 4.44. The zero-order valence-corrected chi connectivity index (χ0v) is 12.1. The highest BCUT2D eigenvalue weighted by Crippen LogP contribution is 2.26. The number of methoxy groups -OCH3 is 1. The average Bonchev–Trinajstić information content (AvgIpc) is 2.38. The molecule has 2 rings (SSSR count). The number of nitrogens with one attached hydrogen (secondary N) is 1. The highest BCUT2D eigenvalue weighted by Gasteiger charge is 2.01. The molecule has 2 aromatic rings. The molecule has 3 nitrogen and oxygen atoms in total. The third-order valence-electron chi connectivity index (χ3n) is 2.42. The fourth-order valence-corrected chi connectivity index (χ4v) is 2.29. The van der Waals surface area contributed by atoms with Gasteiger partial charge in [-0.1, -0.05) is 17.7 Å². The molecule has 0 radical (unpaired) electrons. The van der Waals surface area contributed by atoms with Crippen molar-refractivity contribution >= 4 is 33.2 Å². The van der Waals surface area contributed by atoms with E-state index in [-0.39, 0.29) is 0 Å². The van der Waals surface area contributed by atoms with Crippen molar-refractivity contribution in [2.45, 2.75) is 6.54 Å². The number of halogens is 2. The van der Waals surface area contributed by atoms with E-state index in [9.17, 15) is 0 Å². The maximum Gasteiger partial charge on any atom is 0.212 e. The molecule has 0 aliphatic rings. The lowest BCUT2D eigenvalue weighted by atomic mass is 10.2. The van der Waals surface area contributed by atoms with Crippen molar-refractivity contribution in [3.05, 3.63) is 51.6 Å². The third kappa shape index (κ3) is 3.37. The van der Waals surface area contributed by atoms with Crippen molar-refractivity contribution in [1.82, 2.24) is 4.98 Å². The van der Waals surface area contributed by atoms with Gasteiger partial charge in [0.1, 0.15) is 0 Å². The zero-order chi connectivity index (χ0) is 13.0. The smallest absolute Gasteiger partial charge is 0.212 e. The van der Waals surface area contributed by atoms with Crippen LogP contribution in [0.5, 0.6) is 5.88 Å². The van der Waals surface area contributed by atoms with Crippen LogP contribution in [0.3, 0.4) is 0 Å². The van der Waals surface area contributed by atoms with E-state index in [1.54, 1.807) is 13.3 Å². The Labute approximate surface area is 119 Å². The quantitative estimate of drug-likeness (QED) is 0.917. The normalized spacial score (nSPS) is 10.2. The summed E-state index contributed by atoms with van der Waals surface area (Å²) in [6, 6.07) is 9.46. The molecule has 0 amide bonds. The van der Waals surface area contributed by atoms with Gasteiger partial charge >= 0.3 is 0 Å². The van der Waals surface area contributed by atoms with Gasteiger partial charge in [0.15, 0.2) is 0 Å². The summed E-state index contributed by atoms with van der Waals surface area (Å²) >= 11 is 9.35. The second-order valence-electron chi connectivity index (χ2n) is 3.69. The van der Waals surface area contributed by atoms with E-state index in [0.29, 0.717) is 17.4 Å². The fraction of sp³-hybridized carbons (Fsp3) is 0.154. The van der Waals surface area contributed by atoms with Gasteiger partial charge in [-0.2, -0.15) is 0 Å². The van der Waals surface area contributed by atoms with Gasteiger partial charge < -0.3 is 10.1 Å². The minimum atomic E-state index is 0.617. The lowest BCUT2D eigenvalue weighted by molar-refractivity contribution is 0.397. The average molecular weight is 328 g/mol. The van der Waals surface area contributed by atoms with Crippen LogP contribution in [0.1, 0.15) is 5.56 Å². The van der Waals surface area contributed by atoms with Crippen molar-refractivity contribution in [3.8, 4) is 5.88 Å². The largest absolute Gasteiger partial charge is 0.481 e. The maximum atomic E-state index is 5.89. The number of rotatable bonds is 4. The summed E-state index contributed by atoms with van der Waals surface area (Å²) in [7, 11) is 1.60. The van der Waals surface area contributed by atoms with Gasteiger partial charge in [-0.3, -0.25) is 0 Å². The zero-order valence-electron chi connectivity index (χ0n) is 9.78. The van der Waals surface area contributed by atoms with Gasteiger partial charge in [-0.25, -0.2) is 4.98 Å². The summed E-state index contributed by atoms with van der Waals surface area (Å²) in [5.41, 5.74) is 2.08. The Morgan fingerprint density at radius 1 is 1.33 bits per heavy atom. The first-order valence-corrected chi connectivity index (χ1v) is 6.54. The predicted octanol–water partition coefficient (Wildman–Crippen LogP) is 4.12. The maximum absolute atomic E-state index is 5.89. The van der Waals surface area contributed by atoms with Crippen LogP contribution in [-0.2, 0) is 6.54 Å². The summed E-state index contributed by atoms with van der Waals surface area (Å²) in [6.07, 6.45) is 1.79. The van der Waals surface area contributed by atoms with Gasteiger partial charge in [0, 0.05) is 34.0 Å². The number of hydrogen-bond acceptors (Lipinski definition) is 3. The van der Waals surface area contributed by atoms with Crippen molar-refractivity contribution in [2.75, 3.05) is 12.4 Å². The van der Waals surface area contributed by atoms with E-state index in [4.69, 9.17) is 16.3 Å². The Morgan fingerprint density at radius 3 is 2.78 bits per heavy atom. The highest BCUT2D eigenvalue weighted by atomic mass is 79.9. The monoisotopic (exact) mass is 326 g/mol. The van der Waals surface area contributed by atoms with Crippen molar-refractivity contribution in [2.24, 2.45) is 0 Å². The fourth-order valence-electron chi connectivity index (χ4n) is 1.47. The molecule has 18 heavy (non-hydrogen) atoms. The molecular weight excluding hydrogens is 316 g/mol. The van der Waals surface area contributed by atoms with E-state index in [1.165, 1.54) is 0 Å². The molecule has 1 aromatic heterocycles. The van der Waals surface area contributed by atoms with Crippen molar-refractivity contribution < 1.29 is 4.74 Å². The van der Waals surface area contributed by atoms with Gasteiger partial charge in [0.2, 0.25) is 5.88 Å².